The van der Waals surface area contributed by atoms with E-state index in [1.165, 1.54) is 19.2 Å². The fourth-order valence-electron chi connectivity index (χ4n) is 4.73. The van der Waals surface area contributed by atoms with Gasteiger partial charge in [-0.25, -0.2) is 9.18 Å². The predicted molar refractivity (Wildman–Crippen MR) is 147 cm³/mol. The number of methoxy groups -OCH3 is 2. The Labute approximate surface area is 227 Å². The van der Waals surface area contributed by atoms with E-state index in [9.17, 15) is 14.0 Å². The first-order valence-corrected chi connectivity index (χ1v) is 13.7. The van der Waals surface area contributed by atoms with Gasteiger partial charge >= 0.3 is 6.03 Å². The van der Waals surface area contributed by atoms with Crippen molar-refractivity contribution in [3.63, 3.8) is 0 Å². The molecule has 0 bridgehead atoms. The summed E-state index contributed by atoms with van der Waals surface area (Å²) in [5.74, 6) is 0.608. The average molecular weight is 540 g/mol. The van der Waals surface area contributed by atoms with Crippen LogP contribution in [0, 0.1) is 5.82 Å². The van der Waals surface area contributed by atoms with Crippen molar-refractivity contribution in [1.82, 2.24) is 9.80 Å². The molecular formula is C29H34FN3O4S. The number of hydrogen-bond donors (Lipinski definition) is 1. The molecule has 9 heteroatoms. The Balaban J connectivity index is 1.55. The number of anilines is 1. The van der Waals surface area contributed by atoms with Gasteiger partial charge in [0.2, 0.25) is 5.91 Å². The van der Waals surface area contributed by atoms with E-state index in [1.54, 1.807) is 58.6 Å². The molecule has 1 fully saturated rings. The minimum absolute atomic E-state index is 0.0358. The SMILES string of the molecule is COc1ccc(NC(=O)N(CC(=O)N(Cc2ccc(F)cc2)Cc2cccs2)C2CCCCC2)c(OC)c1. The number of hydrogen-bond acceptors (Lipinski definition) is 5. The molecule has 4 rings (SSSR count). The molecule has 1 aliphatic carbocycles. The molecule has 1 aliphatic rings. The van der Waals surface area contributed by atoms with Crippen molar-refractivity contribution in [2.45, 2.75) is 51.2 Å². The van der Waals surface area contributed by atoms with Gasteiger partial charge in [0.15, 0.2) is 0 Å². The lowest BCUT2D eigenvalue weighted by molar-refractivity contribution is -0.133. The Bertz CT molecular complexity index is 1200. The Kier molecular flexibility index (Phi) is 9.59. The molecule has 0 spiro atoms. The third kappa shape index (κ3) is 7.25. The summed E-state index contributed by atoms with van der Waals surface area (Å²) in [6, 6.07) is 14.9. The van der Waals surface area contributed by atoms with Crippen molar-refractivity contribution in [2.75, 3.05) is 26.1 Å². The zero-order valence-electron chi connectivity index (χ0n) is 21.8. The first kappa shape index (κ1) is 27.4. The lowest BCUT2D eigenvalue weighted by atomic mass is 9.94. The molecule has 0 aliphatic heterocycles. The van der Waals surface area contributed by atoms with Crippen LogP contribution in [0.1, 0.15) is 42.5 Å². The summed E-state index contributed by atoms with van der Waals surface area (Å²) in [4.78, 5) is 31.8. The van der Waals surface area contributed by atoms with Crippen LogP contribution in [0.25, 0.3) is 0 Å². The molecule has 1 saturated carbocycles. The topological polar surface area (TPSA) is 71.1 Å². The molecule has 2 aromatic carbocycles. The van der Waals surface area contributed by atoms with E-state index >= 15 is 0 Å². The fraction of sp³-hybridized carbons (Fsp3) is 0.379. The summed E-state index contributed by atoms with van der Waals surface area (Å²) >= 11 is 1.57. The third-order valence-corrected chi connectivity index (χ3v) is 7.66. The Morgan fingerprint density at radius 2 is 1.76 bits per heavy atom. The van der Waals surface area contributed by atoms with Gasteiger partial charge in [-0.05, 0) is 54.1 Å². The van der Waals surface area contributed by atoms with Crippen LogP contribution in [-0.2, 0) is 17.9 Å². The van der Waals surface area contributed by atoms with E-state index in [-0.39, 0.29) is 30.3 Å². The van der Waals surface area contributed by atoms with Crippen molar-refractivity contribution < 1.29 is 23.5 Å². The van der Waals surface area contributed by atoms with Gasteiger partial charge in [0.05, 0.1) is 26.5 Å². The van der Waals surface area contributed by atoms with E-state index < -0.39 is 0 Å². The molecule has 0 saturated heterocycles. The molecule has 0 atom stereocenters. The first-order valence-electron chi connectivity index (χ1n) is 12.8. The maximum absolute atomic E-state index is 13.8. The number of carbonyl (C=O) groups is 2. The minimum atomic E-state index is -0.341. The second kappa shape index (κ2) is 13.3. The van der Waals surface area contributed by atoms with Crippen LogP contribution in [0.15, 0.2) is 60.0 Å². The number of nitrogens with zero attached hydrogens (tertiary/aromatic N) is 2. The molecule has 3 amide bonds. The highest BCUT2D eigenvalue weighted by molar-refractivity contribution is 7.09. The van der Waals surface area contributed by atoms with Gasteiger partial charge in [0, 0.05) is 23.5 Å². The van der Waals surface area contributed by atoms with Crippen molar-refractivity contribution in [2.24, 2.45) is 0 Å². The van der Waals surface area contributed by atoms with E-state index in [4.69, 9.17) is 9.47 Å². The maximum Gasteiger partial charge on any atom is 0.322 e. The number of rotatable bonds is 10. The van der Waals surface area contributed by atoms with Gasteiger partial charge in [-0.2, -0.15) is 0 Å². The smallest absolute Gasteiger partial charge is 0.322 e. The average Bonchev–Trinajstić information content (AvgIpc) is 3.46. The van der Waals surface area contributed by atoms with Gasteiger partial charge in [-0.15, -0.1) is 11.3 Å². The van der Waals surface area contributed by atoms with E-state index in [0.717, 1.165) is 42.5 Å². The summed E-state index contributed by atoms with van der Waals surface area (Å²) in [6.07, 6.45) is 4.86. The predicted octanol–water partition coefficient (Wildman–Crippen LogP) is 6.30. The molecule has 1 aromatic heterocycles. The number of urea groups is 1. The first-order chi connectivity index (χ1) is 18.5. The molecular weight excluding hydrogens is 505 g/mol. The lowest BCUT2D eigenvalue weighted by Gasteiger charge is -2.35. The van der Waals surface area contributed by atoms with Crippen LogP contribution in [0.5, 0.6) is 11.5 Å². The van der Waals surface area contributed by atoms with Crippen LogP contribution >= 0.6 is 11.3 Å². The summed E-state index contributed by atoms with van der Waals surface area (Å²) < 4.78 is 24.2. The Morgan fingerprint density at radius 1 is 1.00 bits per heavy atom. The fourth-order valence-corrected chi connectivity index (χ4v) is 5.45. The van der Waals surface area contributed by atoms with Crippen LogP contribution in [0.4, 0.5) is 14.9 Å². The van der Waals surface area contributed by atoms with E-state index in [0.29, 0.717) is 30.3 Å². The highest BCUT2D eigenvalue weighted by atomic mass is 32.1. The Hall–Kier alpha value is -3.59. The standard InChI is InChI=1S/C29H34FN3O4S/c1-36-24-14-15-26(27(17-24)37-2)31-29(35)33(23-7-4-3-5-8-23)20-28(34)32(19-25-9-6-16-38-25)18-21-10-12-22(30)13-11-21/h6,9-17,23H,3-5,7-8,18-20H2,1-2H3,(H,31,35). The number of amides is 3. The van der Waals surface area contributed by atoms with Gasteiger partial charge in [0.25, 0.3) is 0 Å². The molecule has 202 valence electrons. The number of ether oxygens (including phenoxy) is 2. The number of carbonyl (C=O) groups excluding carboxylic acids is 2. The summed E-state index contributed by atoms with van der Waals surface area (Å²) in [6.45, 7) is 0.686. The number of thiophene rings is 1. The maximum atomic E-state index is 13.8. The van der Waals surface area contributed by atoms with Crippen molar-refractivity contribution in [3.05, 3.63) is 76.2 Å². The zero-order chi connectivity index (χ0) is 26.9. The minimum Gasteiger partial charge on any atom is -0.497 e. The molecule has 1 N–H and O–H groups in total. The van der Waals surface area contributed by atoms with Crippen LogP contribution < -0.4 is 14.8 Å². The largest absolute Gasteiger partial charge is 0.497 e. The second-order valence-corrected chi connectivity index (χ2v) is 10.4. The van der Waals surface area contributed by atoms with Crippen molar-refractivity contribution in [1.29, 1.82) is 0 Å². The molecule has 7 nitrogen and oxygen atoms in total. The molecule has 1 heterocycles. The summed E-state index contributed by atoms with van der Waals surface area (Å²) in [7, 11) is 3.10. The third-order valence-electron chi connectivity index (χ3n) is 6.80. The number of benzene rings is 2. The van der Waals surface area contributed by atoms with E-state index in [1.807, 2.05) is 17.5 Å². The van der Waals surface area contributed by atoms with Crippen LogP contribution in [-0.4, -0.2) is 48.5 Å². The number of halogens is 1. The van der Waals surface area contributed by atoms with E-state index in [2.05, 4.69) is 5.32 Å². The van der Waals surface area contributed by atoms with Crippen LogP contribution in [0.3, 0.4) is 0 Å². The van der Waals surface area contributed by atoms with Crippen molar-refractivity contribution in [3.8, 4) is 11.5 Å². The van der Waals surface area contributed by atoms with Gasteiger partial charge in [-0.1, -0.05) is 37.5 Å². The summed E-state index contributed by atoms with van der Waals surface area (Å²) in [5, 5.41) is 4.92. The normalized spacial score (nSPS) is 13.6. The monoisotopic (exact) mass is 539 g/mol. The zero-order valence-corrected chi connectivity index (χ0v) is 22.6. The van der Waals surface area contributed by atoms with Crippen LogP contribution in [0.2, 0.25) is 0 Å². The van der Waals surface area contributed by atoms with Gasteiger partial charge in [0.1, 0.15) is 23.9 Å². The number of nitrogens with one attached hydrogen (secondary N) is 1. The second-order valence-electron chi connectivity index (χ2n) is 9.37. The molecule has 38 heavy (non-hydrogen) atoms. The highest BCUT2D eigenvalue weighted by Crippen LogP contribution is 2.30. The van der Waals surface area contributed by atoms with Gasteiger partial charge in [-0.3, -0.25) is 4.79 Å². The van der Waals surface area contributed by atoms with Crippen molar-refractivity contribution >= 4 is 29.0 Å². The quantitative estimate of drug-likeness (QED) is 0.328. The molecule has 3 aromatic rings. The lowest BCUT2D eigenvalue weighted by Crippen LogP contribution is -2.49. The van der Waals surface area contributed by atoms with Gasteiger partial charge < -0.3 is 24.6 Å². The highest BCUT2D eigenvalue weighted by Gasteiger charge is 2.30. The Morgan fingerprint density at radius 3 is 2.42 bits per heavy atom. The summed E-state index contributed by atoms with van der Waals surface area (Å²) in [5.41, 5.74) is 1.33. The molecule has 0 unspecified atom stereocenters. The molecule has 0 radical (unpaired) electrons.